The fraction of sp³-hybridized carbons (Fsp3) is 0.647. The van der Waals surface area contributed by atoms with Crippen LogP contribution in [0.3, 0.4) is 0 Å². The molecular weight excluding hydrogens is 370 g/mol. The minimum Gasteiger partial charge on any atom is -0.395 e. The van der Waals surface area contributed by atoms with Gasteiger partial charge in [-0.1, -0.05) is 12.8 Å². The number of primary amides is 1. The zero-order valence-electron chi connectivity index (χ0n) is 15.1. The summed E-state index contributed by atoms with van der Waals surface area (Å²) >= 11 is 0.819. The number of hydrogen-bond acceptors (Lipinski definition) is 7. The number of nitrogens with two attached hydrogens (primary N) is 2. The molecule has 1 aromatic rings. The van der Waals surface area contributed by atoms with Gasteiger partial charge in [-0.3, -0.25) is 14.4 Å². The molecule has 1 aromatic heterocycles. The van der Waals surface area contributed by atoms with E-state index in [-0.39, 0.29) is 40.9 Å². The molecule has 1 aliphatic heterocycles. The predicted octanol–water partition coefficient (Wildman–Crippen LogP) is 0.504. The quantitative estimate of drug-likeness (QED) is 0.614. The molecule has 1 aliphatic carbocycles. The highest BCUT2D eigenvalue weighted by Gasteiger charge is 2.30. The fourth-order valence-electron chi connectivity index (χ4n) is 3.54. The molecule has 1 atom stereocenters. The Morgan fingerprint density at radius 1 is 1.22 bits per heavy atom. The van der Waals surface area contributed by atoms with Gasteiger partial charge >= 0.3 is 0 Å². The molecule has 2 fully saturated rings. The van der Waals surface area contributed by atoms with E-state index in [1.807, 2.05) is 0 Å². The Morgan fingerprint density at radius 2 is 1.96 bits per heavy atom. The minimum atomic E-state index is -0.785. The molecule has 0 radical (unpaired) electrons. The first kappa shape index (κ1) is 19.6. The van der Waals surface area contributed by atoms with Crippen LogP contribution in [0.1, 0.15) is 58.7 Å². The maximum atomic E-state index is 13.0. The maximum Gasteiger partial charge on any atom is 0.270 e. The number of hydrogen-bond donors (Lipinski definition) is 3. The average Bonchev–Trinajstić information content (AvgIpc) is 3.35. The third-order valence-corrected chi connectivity index (χ3v) is 5.80. The van der Waals surface area contributed by atoms with E-state index in [4.69, 9.17) is 16.2 Å². The monoisotopic (exact) mass is 395 g/mol. The number of amides is 3. The zero-order valence-corrected chi connectivity index (χ0v) is 15.9. The number of nitrogens with zero attached hydrogens (tertiary/aromatic N) is 2. The number of carbonyl (C=O) groups excluding carboxylic acids is 3. The third-order valence-electron chi connectivity index (χ3n) is 4.95. The molecule has 10 heteroatoms. The van der Waals surface area contributed by atoms with Gasteiger partial charge in [0, 0.05) is 19.2 Å². The van der Waals surface area contributed by atoms with Crippen molar-refractivity contribution < 1.29 is 19.1 Å². The van der Waals surface area contributed by atoms with Crippen molar-refractivity contribution in [1.82, 2.24) is 14.6 Å². The normalized spacial score (nSPS) is 19.9. The lowest BCUT2D eigenvalue weighted by Crippen LogP contribution is -2.46. The van der Waals surface area contributed by atoms with Crippen LogP contribution in [0, 0.1) is 0 Å². The molecule has 2 heterocycles. The Balaban J connectivity index is 1.72. The number of rotatable bonds is 7. The molecule has 148 valence electrons. The first-order valence-corrected chi connectivity index (χ1v) is 9.98. The molecule has 1 saturated heterocycles. The van der Waals surface area contributed by atoms with Gasteiger partial charge in [0.25, 0.3) is 11.8 Å². The lowest BCUT2D eigenvalue weighted by Gasteiger charge is -2.25. The van der Waals surface area contributed by atoms with Crippen LogP contribution in [0.15, 0.2) is 0 Å². The molecule has 9 nitrogen and oxygen atoms in total. The number of aromatic nitrogens is 1. The highest BCUT2D eigenvalue weighted by atomic mass is 32.1. The van der Waals surface area contributed by atoms with E-state index < -0.39 is 11.8 Å². The standard InChI is InChI=1S/C17H25N5O4S/c18-13-14(16(19)24)21-27-15(13)17(25)22(8-11-6-3-7-26-11)9-12(23)20-10-4-1-2-5-10/h10-11H,1-9,18H2,(H2,19,24)(H,20,23). The van der Waals surface area contributed by atoms with Gasteiger partial charge in [0.1, 0.15) is 4.88 Å². The lowest BCUT2D eigenvalue weighted by atomic mass is 10.2. The van der Waals surface area contributed by atoms with Gasteiger partial charge in [-0.25, -0.2) is 0 Å². The second-order valence-electron chi connectivity index (χ2n) is 7.01. The summed E-state index contributed by atoms with van der Waals surface area (Å²) in [6, 6.07) is 0.173. The zero-order chi connectivity index (χ0) is 19.4. The molecule has 3 rings (SSSR count). The number of ether oxygens (including phenoxy) is 1. The van der Waals surface area contributed by atoms with Gasteiger partial charge < -0.3 is 26.4 Å². The number of nitrogen functional groups attached to an aromatic ring is 1. The number of carbonyl (C=O) groups is 3. The Bertz CT molecular complexity index is 710. The van der Waals surface area contributed by atoms with Crippen molar-refractivity contribution in [1.29, 1.82) is 0 Å². The van der Waals surface area contributed by atoms with Crippen LogP contribution in [-0.4, -0.2) is 58.8 Å². The van der Waals surface area contributed by atoms with E-state index >= 15 is 0 Å². The van der Waals surface area contributed by atoms with E-state index in [0.29, 0.717) is 13.2 Å². The second-order valence-corrected chi connectivity index (χ2v) is 7.78. The molecule has 3 amide bonds. The van der Waals surface area contributed by atoms with Gasteiger partial charge in [0.15, 0.2) is 5.69 Å². The summed E-state index contributed by atoms with van der Waals surface area (Å²) in [4.78, 5) is 38.3. The number of anilines is 1. The van der Waals surface area contributed by atoms with E-state index in [0.717, 1.165) is 50.1 Å². The van der Waals surface area contributed by atoms with Crippen molar-refractivity contribution >= 4 is 34.9 Å². The van der Waals surface area contributed by atoms with Crippen LogP contribution in [0.5, 0.6) is 0 Å². The Hall–Kier alpha value is -2.20. The molecule has 27 heavy (non-hydrogen) atoms. The summed E-state index contributed by atoms with van der Waals surface area (Å²) in [5, 5.41) is 2.99. The summed E-state index contributed by atoms with van der Waals surface area (Å²) in [5.74, 6) is -1.42. The molecule has 1 saturated carbocycles. The van der Waals surface area contributed by atoms with E-state index in [9.17, 15) is 14.4 Å². The highest BCUT2D eigenvalue weighted by molar-refractivity contribution is 7.09. The van der Waals surface area contributed by atoms with Crippen LogP contribution in [0.4, 0.5) is 5.69 Å². The fourth-order valence-corrected chi connectivity index (χ4v) is 4.32. The van der Waals surface area contributed by atoms with Crippen LogP contribution < -0.4 is 16.8 Å². The molecule has 1 unspecified atom stereocenters. The molecule has 5 N–H and O–H groups in total. The van der Waals surface area contributed by atoms with Crippen molar-refractivity contribution in [3.63, 3.8) is 0 Å². The topological polar surface area (TPSA) is 141 Å². The van der Waals surface area contributed by atoms with Gasteiger partial charge in [0.05, 0.1) is 18.3 Å². The highest BCUT2D eigenvalue weighted by Crippen LogP contribution is 2.24. The van der Waals surface area contributed by atoms with Gasteiger partial charge in [0.2, 0.25) is 5.91 Å². The molecule has 0 bridgehead atoms. The summed E-state index contributed by atoms with van der Waals surface area (Å²) in [6.45, 7) is 0.855. The van der Waals surface area contributed by atoms with Crippen LogP contribution in [0.2, 0.25) is 0 Å². The van der Waals surface area contributed by atoms with Crippen LogP contribution in [0.25, 0.3) is 0 Å². The van der Waals surface area contributed by atoms with Crippen molar-refractivity contribution in [3.05, 3.63) is 10.6 Å². The van der Waals surface area contributed by atoms with E-state index in [1.165, 1.54) is 4.90 Å². The van der Waals surface area contributed by atoms with Gasteiger partial charge in [-0.05, 0) is 37.2 Å². The average molecular weight is 395 g/mol. The molecule has 0 aromatic carbocycles. The van der Waals surface area contributed by atoms with Crippen LogP contribution >= 0.6 is 11.5 Å². The largest absolute Gasteiger partial charge is 0.395 e. The van der Waals surface area contributed by atoms with Crippen LogP contribution in [-0.2, 0) is 9.53 Å². The smallest absolute Gasteiger partial charge is 0.270 e. The Labute approximate surface area is 161 Å². The summed E-state index contributed by atoms with van der Waals surface area (Å²) < 4.78 is 9.49. The molecule has 0 spiro atoms. The maximum absolute atomic E-state index is 13.0. The SMILES string of the molecule is NC(=O)c1nsc(C(=O)N(CC(=O)NC2CCCC2)CC2CCCO2)c1N. The van der Waals surface area contributed by atoms with Crippen molar-refractivity contribution in [3.8, 4) is 0 Å². The number of nitrogens with one attached hydrogen (secondary N) is 1. The molecule has 2 aliphatic rings. The lowest BCUT2D eigenvalue weighted by molar-refractivity contribution is -0.122. The van der Waals surface area contributed by atoms with Crippen molar-refractivity contribution in [2.75, 3.05) is 25.4 Å². The van der Waals surface area contributed by atoms with Gasteiger partial charge in [-0.2, -0.15) is 4.37 Å². The minimum absolute atomic E-state index is 0.0361. The Morgan fingerprint density at radius 3 is 2.56 bits per heavy atom. The third kappa shape index (κ3) is 4.75. The summed E-state index contributed by atoms with van der Waals surface area (Å²) in [5.41, 5.74) is 11.0. The van der Waals surface area contributed by atoms with E-state index in [1.54, 1.807) is 0 Å². The first-order chi connectivity index (χ1) is 13.0. The Kier molecular flexibility index (Phi) is 6.27. The first-order valence-electron chi connectivity index (χ1n) is 9.21. The van der Waals surface area contributed by atoms with E-state index in [2.05, 4.69) is 9.69 Å². The van der Waals surface area contributed by atoms with Gasteiger partial charge in [-0.15, -0.1) is 0 Å². The van der Waals surface area contributed by atoms with Crippen molar-refractivity contribution in [2.24, 2.45) is 5.73 Å². The molecular formula is C17H25N5O4S. The summed E-state index contributed by atoms with van der Waals surface area (Å²) in [7, 11) is 0. The predicted molar refractivity (Wildman–Crippen MR) is 100 cm³/mol. The summed E-state index contributed by atoms with van der Waals surface area (Å²) in [6.07, 6.45) is 5.80. The second kappa shape index (κ2) is 8.66. The van der Waals surface area contributed by atoms with Crippen molar-refractivity contribution in [2.45, 2.75) is 50.7 Å².